The van der Waals surface area contributed by atoms with Gasteiger partial charge in [-0.15, -0.1) is 0 Å². The van der Waals surface area contributed by atoms with Gasteiger partial charge in [0.1, 0.15) is 0 Å². The van der Waals surface area contributed by atoms with Gasteiger partial charge in [-0.1, -0.05) is 12.1 Å². The molecule has 0 aliphatic heterocycles. The van der Waals surface area contributed by atoms with Crippen molar-refractivity contribution in [2.75, 3.05) is 33.1 Å². The van der Waals surface area contributed by atoms with Crippen molar-refractivity contribution >= 4 is 11.6 Å². The molecule has 0 fully saturated rings. The number of nitrogens with zero attached hydrogens (tertiary/aromatic N) is 1. The lowest BCUT2D eigenvalue weighted by Crippen LogP contribution is -2.24. The monoisotopic (exact) mass is 266 g/mol. The predicted molar refractivity (Wildman–Crippen MR) is 74.9 cm³/mol. The van der Waals surface area contributed by atoms with Crippen LogP contribution in [-0.2, 0) is 20.8 Å². The topological polar surface area (TPSA) is 50.8 Å². The van der Waals surface area contributed by atoms with Gasteiger partial charge in [0.15, 0.2) is 6.29 Å². The van der Waals surface area contributed by atoms with Gasteiger partial charge in [-0.2, -0.15) is 0 Å². The maximum absolute atomic E-state index is 11.2. The number of rotatable bonds is 7. The second kappa shape index (κ2) is 7.76. The van der Waals surface area contributed by atoms with Crippen LogP contribution in [0.4, 0.5) is 5.69 Å². The quantitative estimate of drug-likeness (QED) is 0.763. The van der Waals surface area contributed by atoms with E-state index in [0.29, 0.717) is 13.1 Å². The van der Waals surface area contributed by atoms with Crippen molar-refractivity contribution < 1.29 is 14.3 Å². The molecule has 1 aromatic carbocycles. The Morgan fingerprint density at radius 2 is 2.05 bits per heavy atom. The average Bonchev–Trinajstić information content (AvgIpc) is 2.40. The van der Waals surface area contributed by atoms with E-state index in [-0.39, 0.29) is 12.2 Å². The van der Waals surface area contributed by atoms with Crippen molar-refractivity contribution in [1.29, 1.82) is 0 Å². The first-order chi connectivity index (χ1) is 9.06. The fraction of sp³-hybridized carbons (Fsp3) is 0.500. The molecule has 0 heterocycles. The van der Waals surface area contributed by atoms with Crippen molar-refractivity contribution in [3.8, 4) is 0 Å². The van der Waals surface area contributed by atoms with Gasteiger partial charge >= 0.3 is 0 Å². The fourth-order valence-corrected chi connectivity index (χ4v) is 1.63. The molecule has 0 saturated heterocycles. The molecule has 106 valence electrons. The number of nitrogens with one attached hydrogen (secondary N) is 1. The molecule has 0 aliphatic carbocycles. The minimum Gasteiger partial charge on any atom is -0.380 e. The first-order valence-corrected chi connectivity index (χ1v) is 6.17. The van der Waals surface area contributed by atoms with Crippen LogP contribution in [0.15, 0.2) is 24.3 Å². The molecule has 5 nitrogen and oxygen atoms in total. The second-order valence-corrected chi connectivity index (χ2v) is 4.36. The lowest BCUT2D eigenvalue weighted by molar-refractivity contribution is -0.128. The van der Waals surface area contributed by atoms with Crippen LogP contribution in [0.3, 0.4) is 0 Å². The molecule has 5 heteroatoms. The minimum atomic E-state index is -0.274. The summed E-state index contributed by atoms with van der Waals surface area (Å²) in [5, 5.41) is 3.24. The summed E-state index contributed by atoms with van der Waals surface area (Å²) in [5.74, 6) is 0.0530. The fourth-order valence-electron chi connectivity index (χ4n) is 1.63. The molecule has 19 heavy (non-hydrogen) atoms. The lowest BCUT2D eigenvalue weighted by atomic mass is 10.2. The molecule has 1 rings (SSSR count). The van der Waals surface area contributed by atoms with Crippen molar-refractivity contribution in [2.45, 2.75) is 19.8 Å². The molecule has 0 saturated carbocycles. The van der Waals surface area contributed by atoms with E-state index in [1.54, 1.807) is 33.1 Å². The number of benzene rings is 1. The maximum atomic E-state index is 11.2. The zero-order chi connectivity index (χ0) is 14.3. The van der Waals surface area contributed by atoms with Gasteiger partial charge in [-0.25, -0.2) is 0 Å². The zero-order valence-electron chi connectivity index (χ0n) is 12.0. The van der Waals surface area contributed by atoms with E-state index >= 15 is 0 Å². The summed E-state index contributed by atoms with van der Waals surface area (Å²) in [7, 11) is 5.00. The Hall–Kier alpha value is -1.59. The van der Waals surface area contributed by atoms with Crippen molar-refractivity contribution in [3.63, 3.8) is 0 Å². The summed E-state index contributed by atoms with van der Waals surface area (Å²) >= 11 is 0. The smallest absolute Gasteiger partial charge is 0.219 e. The van der Waals surface area contributed by atoms with Crippen LogP contribution in [0, 0.1) is 0 Å². The Morgan fingerprint density at radius 3 is 2.63 bits per heavy atom. The van der Waals surface area contributed by atoms with Crippen LogP contribution in [-0.4, -0.2) is 44.9 Å². The van der Waals surface area contributed by atoms with Crippen LogP contribution in [0.25, 0.3) is 0 Å². The molecule has 1 aromatic rings. The van der Waals surface area contributed by atoms with Crippen molar-refractivity contribution in [1.82, 2.24) is 4.90 Å². The van der Waals surface area contributed by atoms with Gasteiger partial charge in [0, 0.05) is 40.4 Å². The standard InChI is InChI=1S/C14H22N2O3/c1-11(17)16(2)10-12-6-5-7-13(8-12)15-9-14(18-3)19-4/h5-8,14-15H,9-10H2,1-4H3. The molecule has 1 amide bonds. The number of methoxy groups -OCH3 is 2. The Bertz CT molecular complexity index is 405. The highest BCUT2D eigenvalue weighted by molar-refractivity contribution is 5.72. The molecule has 0 unspecified atom stereocenters. The number of carbonyl (C=O) groups excluding carboxylic acids is 1. The van der Waals surface area contributed by atoms with Crippen LogP contribution >= 0.6 is 0 Å². The second-order valence-electron chi connectivity index (χ2n) is 4.36. The summed E-state index contributed by atoms with van der Waals surface area (Å²) in [4.78, 5) is 12.9. The molecule has 0 bridgehead atoms. The Balaban J connectivity index is 2.59. The van der Waals surface area contributed by atoms with Crippen LogP contribution in [0.2, 0.25) is 0 Å². The van der Waals surface area contributed by atoms with Crippen LogP contribution in [0.1, 0.15) is 12.5 Å². The molecule has 1 N–H and O–H groups in total. The zero-order valence-corrected chi connectivity index (χ0v) is 12.0. The molecule has 0 radical (unpaired) electrons. The highest BCUT2D eigenvalue weighted by atomic mass is 16.7. The highest BCUT2D eigenvalue weighted by Crippen LogP contribution is 2.12. The number of amides is 1. The first kappa shape index (κ1) is 15.5. The van der Waals surface area contributed by atoms with E-state index in [0.717, 1.165) is 11.3 Å². The van der Waals surface area contributed by atoms with Gasteiger partial charge in [-0.3, -0.25) is 4.79 Å². The van der Waals surface area contributed by atoms with E-state index in [9.17, 15) is 4.79 Å². The molecule has 0 aliphatic rings. The van der Waals surface area contributed by atoms with E-state index < -0.39 is 0 Å². The minimum absolute atomic E-state index is 0.0530. The third kappa shape index (κ3) is 5.28. The van der Waals surface area contributed by atoms with Gasteiger partial charge in [0.25, 0.3) is 0 Å². The van der Waals surface area contributed by atoms with Crippen molar-refractivity contribution in [2.24, 2.45) is 0 Å². The van der Waals surface area contributed by atoms with Crippen LogP contribution in [0.5, 0.6) is 0 Å². The lowest BCUT2D eigenvalue weighted by Gasteiger charge is -2.17. The number of ether oxygens (including phenoxy) is 2. The normalized spacial score (nSPS) is 10.6. The third-order valence-electron chi connectivity index (χ3n) is 2.88. The van der Waals surface area contributed by atoms with E-state index in [4.69, 9.17) is 9.47 Å². The molecule has 0 aromatic heterocycles. The van der Waals surface area contributed by atoms with Gasteiger partial charge in [0.2, 0.25) is 5.91 Å². The molecule has 0 spiro atoms. The van der Waals surface area contributed by atoms with E-state index in [1.807, 2.05) is 24.3 Å². The SMILES string of the molecule is COC(CNc1cccc(CN(C)C(C)=O)c1)OC. The summed E-state index contributed by atoms with van der Waals surface area (Å²) in [6, 6.07) is 7.94. The Labute approximate surface area is 114 Å². The summed E-state index contributed by atoms with van der Waals surface area (Å²) in [5.41, 5.74) is 2.06. The summed E-state index contributed by atoms with van der Waals surface area (Å²) < 4.78 is 10.2. The Morgan fingerprint density at radius 1 is 1.37 bits per heavy atom. The average molecular weight is 266 g/mol. The van der Waals surface area contributed by atoms with Gasteiger partial charge in [-0.05, 0) is 17.7 Å². The molecular weight excluding hydrogens is 244 g/mol. The number of hydrogen-bond donors (Lipinski definition) is 1. The largest absolute Gasteiger partial charge is 0.380 e. The maximum Gasteiger partial charge on any atom is 0.219 e. The van der Waals surface area contributed by atoms with Crippen molar-refractivity contribution in [3.05, 3.63) is 29.8 Å². The molecule has 0 atom stereocenters. The highest BCUT2D eigenvalue weighted by Gasteiger charge is 2.06. The van der Waals surface area contributed by atoms with E-state index in [2.05, 4.69) is 5.32 Å². The molecular formula is C14H22N2O3. The summed E-state index contributed by atoms with van der Waals surface area (Å²) in [6.45, 7) is 2.73. The summed E-state index contributed by atoms with van der Waals surface area (Å²) in [6.07, 6.45) is -0.274. The van der Waals surface area contributed by atoms with Crippen LogP contribution < -0.4 is 5.32 Å². The number of hydrogen-bond acceptors (Lipinski definition) is 4. The number of carbonyl (C=O) groups is 1. The third-order valence-corrected chi connectivity index (χ3v) is 2.88. The van der Waals surface area contributed by atoms with Gasteiger partial charge in [0.05, 0.1) is 6.54 Å². The van der Waals surface area contributed by atoms with E-state index in [1.165, 1.54) is 0 Å². The number of anilines is 1. The predicted octanol–water partition coefficient (Wildman–Crippen LogP) is 1.70. The Kier molecular flexibility index (Phi) is 6.32. The first-order valence-electron chi connectivity index (χ1n) is 6.17. The van der Waals surface area contributed by atoms with Gasteiger partial charge < -0.3 is 19.7 Å².